The Morgan fingerprint density at radius 3 is 2.83 bits per heavy atom. The first-order chi connectivity index (χ1) is 8.65. The van der Waals surface area contributed by atoms with Gasteiger partial charge >= 0.3 is 0 Å². The molecule has 2 aromatic heterocycles. The molecule has 90 valence electrons. The number of benzene rings is 1. The summed E-state index contributed by atoms with van der Waals surface area (Å²) < 4.78 is 1.97. The van der Waals surface area contributed by atoms with Crippen molar-refractivity contribution in [2.45, 2.75) is 6.92 Å². The number of pyridine rings is 1. The van der Waals surface area contributed by atoms with Gasteiger partial charge in [-0.1, -0.05) is 23.8 Å². The average molecular weight is 238 g/mol. The maximum atomic E-state index is 5.85. The second-order valence-corrected chi connectivity index (χ2v) is 4.49. The summed E-state index contributed by atoms with van der Waals surface area (Å²) >= 11 is 0. The van der Waals surface area contributed by atoms with Gasteiger partial charge in [-0.2, -0.15) is 0 Å². The molecule has 0 amide bonds. The van der Waals surface area contributed by atoms with Gasteiger partial charge in [0.15, 0.2) is 0 Å². The van der Waals surface area contributed by atoms with Crippen molar-refractivity contribution in [3.05, 3.63) is 42.2 Å². The minimum atomic E-state index is 0.498. The van der Waals surface area contributed by atoms with Crippen LogP contribution >= 0.6 is 0 Å². The molecule has 0 radical (unpaired) electrons. The molecule has 0 aliphatic rings. The number of nitrogen functional groups attached to an aromatic ring is 1. The Labute approximate surface area is 105 Å². The second-order valence-electron chi connectivity index (χ2n) is 4.49. The molecule has 0 fully saturated rings. The number of aromatic nitrogens is 3. The maximum absolute atomic E-state index is 5.85. The van der Waals surface area contributed by atoms with Crippen molar-refractivity contribution in [2.24, 2.45) is 7.05 Å². The zero-order valence-corrected chi connectivity index (χ0v) is 10.4. The summed E-state index contributed by atoms with van der Waals surface area (Å²) in [6, 6.07) is 10.0. The highest BCUT2D eigenvalue weighted by Crippen LogP contribution is 2.27. The first kappa shape index (κ1) is 10.8. The predicted molar refractivity (Wildman–Crippen MR) is 73.1 cm³/mol. The van der Waals surface area contributed by atoms with Crippen LogP contribution in [0.25, 0.3) is 22.3 Å². The van der Waals surface area contributed by atoms with Gasteiger partial charge in [0.25, 0.3) is 0 Å². The van der Waals surface area contributed by atoms with Gasteiger partial charge in [0.1, 0.15) is 5.82 Å². The van der Waals surface area contributed by atoms with Gasteiger partial charge < -0.3 is 10.3 Å². The lowest BCUT2D eigenvalue weighted by molar-refractivity contribution is 0.946. The number of aryl methyl sites for hydroxylation is 2. The quantitative estimate of drug-likeness (QED) is 0.708. The summed E-state index contributed by atoms with van der Waals surface area (Å²) in [7, 11) is 1.96. The third kappa shape index (κ3) is 1.62. The lowest BCUT2D eigenvalue weighted by atomic mass is 10.1. The number of nitrogens with zero attached hydrogens (tertiary/aromatic N) is 3. The molecule has 18 heavy (non-hydrogen) atoms. The van der Waals surface area contributed by atoms with Crippen LogP contribution in [0, 0.1) is 6.92 Å². The van der Waals surface area contributed by atoms with Gasteiger partial charge in [0.2, 0.25) is 0 Å². The summed E-state index contributed by atoms with van der Waals surface area (Å²) in [5.41, 5.74) is 10.9. The van der Waals surface area contributed by atoms with Gasteiger partial charge in [-0.3, -0.25) is 0 Å². The number of nitrogens with two attached hydrogens (primary N) is 1. The van der Waals surface area contributed by atoms with E-state index in [0.29, 0.717) is 5.82 Å². The van der Waals surface area contributed by atoms with E-state index in [1.54, 1.807) is 12.4 Å². The van der Waals surface area contributed by atoms with Gasteiger partial charge in [0.05, 0.1) is 23.1 Å². The minimum absolute atomic E-state index is 0.498. The van der Waals surface area contributed by atoms with E-state index in [4.69, 9.17) is 5.73 Å². The van der Waals surface area contributed by atoms with Crippen molar-refractivity contribution in [3.8, 4) is 11.3 Å². The zero-order chi connectivity index (χ0) is 12.7. The SMILES string of the molecule is Cc1cccc(-c2nc(N)cc3ncn(C)c23)c1. The fourth-order valence-corrected chi connectivity index (χ4v) is 2.19. The van der Waals surface area contributed by atoms with Crippen LogP contribution in [0.15, 0.2) is 36.7 Å². The Bertz CT molecular complexity index is 728. The van der Waals surface area contributed by atoms with Crippen LogP contribution in [0.5, 0.6) is 0 Å². The highest BCUT2D eigenvalue weighted by molar-refractivity contribution is 5.91. The lowest BCUT2D eigenvalue weighted by Gasteiger charge is -2.06. The highest BCUT2D eigenvalue weighted by Gasteiger charge is 2.11. The van der Waals surface area contributed by atoms with E-state index >= 15 is 0 Å². The number of hydrogen-bond donors (Lipinski definition) is 1. The Hall–Kier alpha value is -2.36. The number of rotatable bonds is 1. The number of imidazole rings is 1. The standard InChI is InChI=1S/C14H14N4/c1-9-4-3-5-10(6-9)13-14-11(7-12(15)17-13)16-8-18(14)2/h3-8H,1-2H3,(H2,15,17). The van der Waals surface area contributed by atoms with Crippen molar-refractivity contribution in [3.63, 3.8) is 0 Å². The van der Waals surface area contributed by atoms with Crippen LogP contribution in [0.4, 0.5) is 5.82 Å². The number of hydrogen-bond acceptors (Lipinski definition) is 3. The monoisotopic (exact) mass is 238 g/mol. The highest BCUT2D eigenvalue weighted by atomic mass is 15.0. The number of anilines is 1. The zero-order valence-electron chi connectivity index (χ0n) is 10.4. The van der Waals surface area contributed by atoms with E-state index in [2.05, 4.69) is 29.0 Å². The number of fused-ring (bicyclic) bond motifs is 1. The summed E-state index contributed by atoms with van der Waals surface area (Å²) in [5, 5.41) is 0. The molecule has 0 spiro atoms. The third-order valence-electron chi connectivity index (χ3n) is 3.01. The lowest BCUT2D eigenvalue weighted by Crippen LogP contribution is -1.96. The van der Waals surface area contributed by atoms with E-state index in [-0.39, 0.29) is 0 Å². The van der Waals surface area contributed by atoms with Gasteiger partial charge in [-0.15, -0.1) is 0 Å². The average Bonchev–Trinajstić information content (AvgIpc) is 2.70. The molecule has 1 aromatic carbocycles. The Morgan fingerprint density at radius 2 is 2.06 bits per heavy atom. The smallest absolute Gasteiger partial charge is 0.126 e. The molecule has 0 saturated carbocycles. The molecule has 3 aromatic rings. The molecule has 0 saturated heterocycles. The molecule has 0 atom stereocenters. The molecular weight excluding hydrogens is 224 g/mol. The Morgan fingerprint density at radius 1 is 1.22 bits per heavy atom. The van der Waals surface area contributed by atoms with Crippen molar-refractivity contribution < 1.29 is 0 Å². The molecule has 3 rings (SSSR count). The summed E-state index contributed by atoms with van der Waals surface area (Å²) in [6.07, 6.45) is 1.78. The van der Waals surface area contributed by atoms with Gasteiger partial charge in [-0.25, -0.2) is 9.97 Å². The molecule has 0 aliphatic carbocycles. The maximum Gasteiger partial charge on any atom is 0.126 e. The fraction of sp³-hybridized carbons (Fsp3) is 0.143. The second kappa shape index (κ2) is 3.84. The molecule has 2 N–H and O–H groups in total. The first-order valence-electron chi connectivity index (χ1n) is 5.80. The van der Waals surface area contributed by atoms with Gasteiger partial charge in [-0.05, 0) is 13.0 Å². The van der Waals surface area contributed by atoms with E-state index in [1.807, 2.05) is 23.7 Å². The summed E-state index contributed by atoms with van der Waals surface area (Å²) in [5.74, 6) is 0.498. The van der Waals surface area contributed by atoms with Crippen molar-refractivity contribution in [1.29, 1.82) is 0 Å². The predicted octanol–water partition coefficient (Wildman–Crippen LogP) is 2.53. The van der Waals surface area contributed by atoms with Gasteiger partial charge in [0, 0.05) is 18.7 Å². The largest absolute Gasteiger partial charge is 0.384 e. The molecule has 4 nitrogen and oxygen atoms in total. The summed E-state index contributed by atoms with van der Waals surface area (Å²) in [4.78, 5) is 8.79. The van der Waals surface area contributed by atoms with Crippen LogP contribution < -0.4 is 5.73 Å². The fourth-order valence-electron chi connectivity index (χ4n) is 2.19. The molecule has 0 bridgehead atoms. The normalized spacial score (nSPS) is 11.0. The molecule has 0 aliphatic heterocycles. The van der Waals surface area contributed by atoms with E-state index < -0.39 is 0 Å². The van der Waals surface area contributed by atoms with Crippen LogP contribution in [0.1, 0.15) is 5.56 Å². The molecular formula is C14H14N4. The third-order valence-corrected chi connectivity index (χ3v) is 3.01. The molecule has 4 heteroatoms. The molecule has 2 heterocycles. The van der Waals surface area contributed by atoms with Crippen molar-refractivity contribution in [2.75, 3.05) is 5.73 Å². The molecule has 0 unspecified atom stereocenters. The van der Waals surface area contributed by atoms with Crippen molar-refractivity contribution >= 4 is 16.9 Å². The Balaban J connectivity index is 2.37. The Kier molecular flexibility index (Phi) is 2.30. The van der Waals surface area contributed by atoms with Crippen LogP contribution in [-0.2, 0) is 7.05 Å². The summed E-state index contributed by atoms with van der Waals surface area (Å²) in [6.45, 7) is 2.07. The van der Waals surface area contributed by atoms with Crippen molar-refractivity contribution in [1.82, 2.24) is 14.5 Å². The first-order valence-corrected chi connectivity index (χ1v) is 5.80. The van der Waals surface area contributed by atoms with E-state index in [0.717, 1.165) is 22.3 Å². The topological polar surface area (TPSA) is 56.7 Å². The van der Waals surface area contributed by atoms with E-state index in [1.165, 1.54) is 5.56 Å². The minimum Gasteiger partial charge on any atom is -0.384 e. The van der Waals surface area contributed by atoms with E-state index in [9.17, 15) is 0 Å². The van der Waals surface area contributed by atoms with Crippen LogP contribution in [-0.4, -0.2) is 14.5 Å². The van der Waals surface area contributed by atoms with Crippen LogP contribution in [0.3, 0.4) is 0 Å². The van der Waals surface area contributed by atoms with Crippen LogP contribution in [0.2, 0.25) is 0 Å².